The van der Waals surface area contributed by atoms with Gasteiger partial charge < -0.3 is 10.8 Å². The summed E-state index contributed by atoms with van der Waals surface area (Å²) in [5, 5.41) is 8.30. The Hall–Kier alpha value is -0.830. The third-order valence-electron chi connectivity index (χ3n) is 0.955. The van der Waals surface area contributed by atoms with Crippen molar-refractivity contribution in [3.8, 4) is 0 Å². The topological polar surface area (TPSA) is 63.3 Å². The summed E-state index contributed by atoms with van der Waals surface area (Å²) in [6.07, 6.45) is 2.25. The second-order valence-electron chi connectivity index (χ2n) is 1.77. The molecule has 52 valence electrons. The molecule has 0 saturated carbocycles. The van der Waals surface area contributed by atoms with Crippen molar-refractivity contribution in [2.45, 2.75) is 13.3 Å². The molecular formula is C6H11NO2. The number of rotatable bonds is 3. The van der Waals surface area contributed by atoms with Gasteiger partial charge in [0.1, 0.15) is 0 Å². The van der Waals surface area contributed by atoms with Gasteiger partial charge in [-0.15, -0.1) is 0 Å². The molecule has 0 radical (unpaired) electrons. The normalized spacial score (nSPS) is 11.6. The van der Waals surface area contributed by atoms with Crippen molar-refractivity contribution in [2.24, 2.45) is 5.73 Å². The smallest absolute Gasteiger partial charge is 0.330 e. The second kappa shape index (κ2) is 4.09. The largest absolute Gasteiger partial charge is 0.478 e. The van der Waals surface area contributed by atoms with Gasteiger partial charge in [0.05, 0.1) is 0 Å². The van der Waals surface area contributed by atoms with Crippen LogP contribution in [0.15, 0.2) is 11.6 Å². The van der Waals surface area contributed by atoms with Gasteiger partial charge in [0.2, 0.25) is 0 Å². The first-order chi connectivity index (χ1) is 4.18. The predicted octanol–water partition coefficient (Wildman–Crippen LogP) is 0.366. The van der Waals surface area contributed by atoms with Gasteiger partial charge in [-0.05, 0) is 19.9 Å². The molecule has 9 heavy (non-hydrogen) atoms. The zero-order valence-electron chi connectivity index (χ0n) is 5.42. The molecule has 0 spiro atoms. The van der Waals surface area contributed by atoms with E-state index in [4.69, 9.17) is 10.8 Å². The van der Waals surface area contributed by atoms with Crippen molar-refractivity contribution in [3.05, 3.63) is 11.6 Å². The number of carboxylic acids is 1. The molecule has 0 atom stereocenters. The van der Waals surface area contributed by atoms with E-state index in [0.29, 0.717) is 18.5 Å². The third-order valence-corrected chi connectivity index (χ3v) is 0.955. The summed E-state index contributed by atoms with van der Waals surface area (Å²) < 4.78 is 0. The summed E-state index contributed by atoms with van der Waals surface area (Å²) >= 11 is 0. The van der Waals surface area contributed by atoms with E-state index in [-0.39, 0.29) is 0 Å². The van der Waals surface area contributed by atoms with Gasteiger partial charge in [-0.1, -0.05) is 6.08 Å². The van der Waals surface area contributed by atoms with Crippen molar-refractivity contribution >= 4 is 5.97 Å². The number of nitrogens with two attached hydrogens (primary N) is 1. The molecule has 0 aromatic carbocycles. The SMILES string of the molecule is C/C(=C\CCN)C(=O)O. The van der Waals surface area contributed by atoms with Crippen molar-refractivity contribution in [3.63, 3.8) is 0 Å². The molecule has 0 aliphatic rings. The van der Waals surface area contributed by atoms with Crippen molar-refractivity contribution in [2.75, 3.05) is 6.54 Å². The summed E-state index contributed by atoms with van der Waals surface area (Å²) in [6, 6.07) is 0. The van der Waals surface area contributed by atoms with Gasteiger partial charge in [0.25, 0.3) is 0 Å². The van der Waals surface area contributed by atoms with Crippen molar-refractivity contribution in [1.82, 2.24) is 0 Å². The molecule has 0 saturated heterocycles. The molecule has 0 aliphatic carbocycles. The minimum atomic E-state index is -0.872. The summed E-state index contributed by atoms with van der Waals surface area (Å²) in [7, 11) is 0. The number of hydrogen-bond acceptors (Lipinski definition) is 2. The lowest BCUT2D eigenvalue weighted by Crippen LogP contribution is -1.99. The molecule has 0 amide bonds. The van der Waals surface area contributed by atoms with Crippen LogP contribution in [-0.4, -0.2) is 17.6 Å². The maximum absolute atomic E-state index is 10.1. The lowest BCUT2D eigenvalue weighted by Gasteiger charge is -1.89. The van der Waals surface area contributed by atoms with Crippen LogP contribution in [0.5, 0.6) is 0 Å². The van der Waals surface area contributed by atoms with E-state index in [1.807, 2.05) is 0 Å². The van der Waals surface area contributed by atoms with Crippen LogP contribution in [0.25, 0.3) is 0 Å². The number of carbonyl (C=O) groups is 1. The lowest BCUT2D eigenvalue weighted by molar-refractivity contribution is -0.132. The third kappa shape index (κ3) is 3.73. The summed E-state index contributed by atoms with van der Waals surface area (Å²) in [5.41, 5.74) is 5.50. The molecule has 3 nitrogen and oxygen atoms in total. The number of carboxylic acid groups (broad SMARTS) is 1. The standard InChI is InChI=1S/C6H11NO2/c1-5(6(8)9)3-2-4-7/h3H,2,4,7H2,1H3,(H,8,9)/b5-3+. The molecule has 0 aromatic heterocycles. The van der Waals surface area contributed by atoms with E-state index in [1.54, 1.807) is 13.0 Å². The van der Waals surface area contributed by atoms with Crippen LogP contribution in [0, 0.1) is 0 Å². The minimum absolute atomic E-state index is 0.362. The monoisotopic (exact) mass is 129 g/mol. The zero-order valence-corrected chi connectivity index (χ0v) is 5.42. The van der Waals surface area contributed by atoms with Crippen LogP contribution in [0.2, 0.25) is 0 Å². The second-order valence-corrected chi connectivity index (χ2v) is 1.77. The maximum Gasteiger partial charge on any atom is 0.330 e. The Kier molecular flexibility index (Phi) is 3.71. The van der Waals surface area contributed by atoms with Gasteiger partial charge >= 0.3 is 5.97 Å². The average Bonchev–Trinajstić information content (AvgIpc) is 1.82. The van der Waals surface area contributed by atoms with Crippen LogP contribution in [-0.2, 0) is 4.79 Å². The highest BCUT2D eigenvalue weighted by atomic mass is 16.4. The van der Waals surface area contributed by atoms with E-state index >= 15 is 0 Å². The van der Waals surface area contributed by atoms with Gasteiger partial charge in [-0.2, -0.15) is 0 Å². The lowest BCUT2D eigenvalue weighted by atomic mass is 10.2. The minimum Gasteiger partial charge on any atom is -0.478 e. The van der Waals surface area contributed by atoms with E-state index < -0.39 is 5.97 Å². The quantitative estimate of drug-likeness (QED) is 0.541. The van der Waals surface area contributed by atoms with E-state index in [1.165, 1.54) is 0 Å². The molecule has 0 heterocycles. The summed E-state index contributed by atoms with van der Waals surface area (Å²) in [6.45, 7) is 2.06. The fourth-order valence-electron chi connectivity index (χ4n) is 0.387. The Morgan fingerprint density at radius 2 is 2.33 bits per heavy atom. The van der Waals surface area contributed by atoms with Crippen molar-refractivity contribution < 1.29 is 9.90 Å². The number of aliphatic carboxylic acids is 1. The summed E-state index contributed by atoms with van der Waals surface area (Å²) in [4.78, 5) is 10.1. The first-order valence-corrected chi connectivity index (χ1v) is 2.78. The summed E-state index contributed by atoms with van der Waals surface area (Å²) in [5.74, 6) is -0.872. The first-order valence-electron chi connectivity index (χ1n) is 2.78. The molecular weight excluding hydrogens is 118 g/mol. The fraction of sp³-hybridized carbons (Fsp3) is 0.500. The van der Waals surface area contributed by atoms with Gasteiger partial charge in [0, 0.05) is 5.57 Å². The molecule has 3 heteroatoms. The highest BCUT2D eigenvalue weighted by Gasteiger charge is 1.95. The van der Waals surface area contributed by atoms with Crippen LogP contribution < -0.4 is 5.73 Å². The maximum atomic E-state index is 10.1. The van der Waals surface area contributed by atoms with E-state index in [2.05, 4.69) is 0 Å². The average molecular weight is 129 g/mol. The molecule has 0 aromatic rings. The van der Waals surface area contributed by atoms with Crippen molar-refractivity contribution in [1.29, 1.82) is 0 Å². The van der Waals surface area contributed by atoms with Gasteiger partial charge in [-0.3, -0.25) is 0 Å². The number of hydrogen-bond donors (Lipinski definition) is 2. The highest BCUT2D eigenvalue weighted by Crippen LogP contribution is 1.92. The Labute approximate surface area is 54.2 Å². The predicted molar refractivity (Wildman–Crippen MR) is 35.1 cm³/mol. The van der Waals surface area contributed by atoms with Gasteiger partial charge in [-0.25, -0.2) is 4.79 Å². The van der Waals surface area contributed by atoms with Crippen LogP contribution in [0.3, 0.4) is 0 Å². The van der Waals surface area contributed by atoms with Gasteiger partial charge in [0.15, 0.2) is 0 Å². The zero-order chi connectivity index (χ0) is 7.28. The fourth-order valence-corrected chi connectivity index (χ4v) is 0.387. The molecule has 0 unspecified atom stereocenters. The Bertz CT molecular complexity index is 129. The highest BCUT2D eigenvalue weighted by molar-refractivity contribution is 5.85. The van der Waals surface area contributed by atoms with Crippen LogP contribution in [0.1, 0.15) is 13.3 Å². The molecule has 0 bridgehead atoms. The Balaban J connectivity index is 3.69. The van der Waals surface area contributed by atoms with Crippen LogP contribution in [0.4, 0.5) is 0 Å². The molecule has 3 N–H and O–H groups in total. The Morgan fingerprint density at radius 3 is 2.67 bits per heavy atom. The first kappa shape index (κ1) is 8.17. The molecule has 0 fully saturated rings. The molecule has 0 rings (SSSR count). The van der Waals surface area contributed by atoms with Crippen LogP contribution >= 0.6 is 0 Å². The van der Waals surface area contributed by atoms with E-state index in [9.17, 15) is 4.79 Å². The molecule has 0 aliphatic heterocycles. The Morgan fingerprint density at radius 1 is 1.78 bits per heavy atom. The van der Waals surface area contributed by atoms with E-state index in [0.717, 1.165) is 0 Å².